The van der Waals surface area contributed by atoms with Gasteiger partial charge in [0.05, 0.1) is 6.04 Å². The monoisotopic (exact) mass is 489 g/mol. The number of carbonyl (C=O) groups excluding carboxylic acids is 2. The minimum Gasteiger partial charge on any atom is -0.304 e. The molecule has 0 radical (unpaired) electrons. The van der Waals surface area contributed by atoms with Gasteiger partial charge in [0.2, 0.25) is 5.78 Å². The number of aromatic nitrogens is 1. The quantitative estimate of drug-likeness (QED) is 0.500. The summed E-state index contributed by atoms with van der Waals surface area (Å²) in [6, 6.07) is 12.9. The largest absolute Gasteiger partial charge is 0.304 e. The molecule has 2 saturated carbocycles. The van der Waals surface area contributed by atoms with Crippen LogP contribution < -0.4 is 16.2 Å². The molecule has 1 aromatic heterocycles. The summed E-state index contributed by atoms with van der Waals surface area (Å²) in [6.45, 7) is 2.01. The van der Waals surface area contributed by atoms with E-state index in [1.165, 1.54) is 5.56 Å². The Morgan fingerprint density at radius 1 is 1.11 bits per heavy atom. The minimum atomic E-state index is -0.545. The molecular weight excluding hydrogens is 450 g/mol. The van der Waals surface area contributed by atoms with Gasteiger partial charge in [-0.05, 0) is 89.1 Å². The van der Waals surface area contributed by atoms with Gasteiger partial charge in [-0.15, -0.1) is 0 Å². The predicted octanol–water partition coefficient (Wildman–Crippen LogP) is 4.40. The molecule has 3 fully saturated rings. The molecule has 0 unspecified atom stereocenters. The second-order valence-electron chi connectivity index (χ2n) is 11.4. The number of nitrogens with one attached hydrogen (secondary N) is 3. The molecule has 7 nitrogen and oxygen atoms in total. The zero-order valence-corrected chi connectivity index (χ0v) is 21.8. The maximum absolute atomic E-state index is 12.7. The number of benzene rings is 1. The number of aryl methyl sites for hydroxylation is 1. The standard InChI is InChI=1S/C29H39N5O2/c1-20-16-23(26(30-19-20)31-27(36)25(35)17-21-8-7-9-21)24-18-28(33-32-24)12-14-29(15-13-28,34(2)3)22-10-5-4-6-11-22/h4-6,10-11,16,19,21,24,32-33H,7-9,12-15,17-18H2,1-3H3,(H,30,31,36)/t24-,28?,29?/m0/s1. The summed E-state index contributed by atoms with van der Waals surface area (Å²) < 4.78 is 0. The van der Waals surface area contributed by atoms with Crippen LogP contribution in [0.4, 0.5) is 5.82 Å². The van der Waals surface area contributed by atoms with Crippen LogP contribution in [-0.4, -0.2) is 41.2 Å². The van der Waals surface area contributed by atoms with Gasteiger partial charge in [0.25, 0.3) is 5.91 Å². The predicted molar refractivity (Wildman–Crippen MR) is 141 cm³/mol. The van der Waals surface area contributed by atoms with Gasteiger partial charge >= 0.3 is 0 Å². The number of rotatable bonds is 7. The number of hydrogen-bond donors (Lipinski definition) is 3. The van der Waals surface area contributed by atoms with Crippen molar-refractivity contribution in [3.63, 3.8) is 0 Å². The van der Waals surface area contributed by atoms with E-state index in [2.05, 4.69) is 76.5 Å². The van der Waals surface area contributed by atoms with E-state index in [0.29, 0.717) is 18.2 Å². The van der Waals surface area contributed by atoms with Gasteiger partial charge in [-0.25, -0.2) is 10.4 Å². The van der Waals surface area contributed by atoms with Gasteiger partial charge in [-0.1, -0.05) is 36.8 Å². The van der Waals surface area contributed by atoms with Crippen molar-refractivity contribution in [2.45, 2.75) is 81.8 Å². The molecule has 1 saturated heterocycles. The molecule has 2 heterocycles. The second-order valence-corrected chi connectivity index (χ2v) is 11.4. The summed E-state index contributed by atoms with van der Waals surface area (Å²) >= 11 is 0. The van der Waals surface area contributed by atoms with Crippen molar-refractivity contribution < 1.29 is 9.59 Å². The Hall–Kier alpha value is -2.61. The molecule has 2 aliphatic carbocycles. The normalized spacial score (nSPS) is 28.3. The molecule has 1 atom stereocenters. The van der Waals surface area contributed by atoms with Crippen LogP contribution in [0.3, 0.4) is 0 Å². The van der Waals surface area contributed by atoms with Crippen LogP contribution in [0, 0.1) is 12.8 Å². The molecule has 5 rings (SSSR count). The fourth-order valence-corrected chi connectivity index (χ4v) is 6.33. The Morgan fingerprint density at radius 3 is 2.47 bits per heavy atom. The summed E-state index contributed by atoms with van der Waals surface area (Å²) in [5, 5.41) is 2.83. The third-order valence-corrected chi connectivity index (χ3v) is 8.92. The molecular formula is C29H39N5O2. The molecule has 1 spiro atoms. The summed E-state index contributed by atoms with van der Waals surface area (Å²) in [7, 11) is 4.38. The van der Waals surface area contributed by atoms with E-state index in [9.17, 15) is 9.59 Å². The van der Waals surface area contributed by atoms with Gasteiger partial charge in [-0.3, -0.25) is 19.9 Å². The first-order chi connectivity index (χ1) is 17.3. The Kier molecular flexibility index (Phi) is 6.99. The molecule has 1 amide bonds. The Morgan fingerprint density at radius 2 is 1.83 bits per heavy atom. The Labute approximate surface area is 214 Å². The van der Waals surface area contributed by atoms with E-state index in [1.54, 1.807) is 6.20 Å². The molecule has 192 valence electrons. The van der Waals surface area contributed by atoms with Crippen molar-refractivity contribution in [3.05, 3.63) is 59.3 Å². The number of anilines is 1. The lowest BCUT2D eigenvalue weighted by atomic mass is 9.67. The molecule has 1 aromatic carbocycles. The van der Waals surface area contributed by atoms with Gasteiger partial charge in [0, 0.05) is 29.3 Å². The van der Waals surface area contributed by atoms with E-state index in [4.69, 9.17) is 0 Å². The van der Waals surface area contributed by atoms with Crippen LogP contribution in [-0.2, 0) is 15.1 Å². The number of ketones is 1. The van der Waals surface area contributed by atoms with Crippen LogP contribution >= 0.6 is 0 Å². The highest BCUT2D eigenvalue weighted by Gasteiger charge is 2.48. The van der Waals surface area contributed by atoms with Crippen molar-refractivity contribution in [1.82, 2.24) is 20.7 Å². The number of nitrogens with zero attached hydrogens (tertiary/aromatic N) is 2. The van der Waals surface area contributed by atoms with Crippen LogP contribution in [0.2, 0.25) is 0 Å². The van der Waals surface area contributed by atoms with Crippen molar-refractivity contribution >= 4 is 17.5 Å². The van der Waals surface area contributed by atoms with Crippen LogP contribution in [0.1, 0.15) is 80.5 Å². The van der Waals surface area contributed by atoms with E-state index in [0.717, 1.165) is 62.5 Å². The van der Waals surface area contributed by atoms with Gasteiger partial charge in [-0.2, -0.15) is 0 Å². The SMILES string of the molecule is Cc1cnc(NC(=O)C(=O)CC2CCC2)c([C@@H]2CC3(CCC(c4ccccc4)(N(C)C)CC3)NN2)c1. The van der Waals surface area contributed by atoms with E-state index in [1.807, 2.05) is 6.92 Å². The van der Waals surface area contributed by atoms with Crippen molar-refractivity contribution in [2.24, 2.45) is 5.92 Å². The summed E-state index contributed by atoms with van der Waals surface area (Å²) in [5.41, 5.74) is 10.5. The minimum absolute atomic E-state index is 0.00990. The first-order valence-electron chi connectivity index (χ1n) is 13.4. The van der Waals surface area contributed by atoms with Crippen LogP contribution in [0.25, 0.3) is 0 Å². The van der Waals surface area contributed by atoms with Gasteiger partial charge in [0.1, 0.15) is 5.82 Å². The Balaban J connectivity index is 1.29. The van der Waals surface area contributed by atoms with Gasteiger partial charge < -0.3 is 5.32 Å². The number of hydrogen-bond acceptors (Lipinski definition) is 6. The molecule has 2 aromatic rings. The van der Waals surface area contributed by atoms with Crippen LogP contribution in [0.15, 0.2) is 42.6 Å². The number of hydrazine groups is 1. The lowest BCUT2D eigenvalue weighted by Crippen LogP contribution is -2.53. The average molecular weight is 490 g/mol. The van der Waals surface area contributed by atoms with Crippen molar-refractivity contribution in [1.29, 1.82) is 0 Å². The third-order valence-electron chi connectivity index (χ3n) is 8.92. The Bertz CT molecular complexity index is 1100. The number of Topliss-reactive ketones (excluding diaryl/α,β-unsaturated/α-hetero) is 1. The first kappa shape index (κ1) is 25.1. The summed E-state index contributed by atoms with van der Waals surface area (Å²) in [5.74, 6) is -0.0240. The fraction of sp³-hybridized carbons (Fsp3) is 0.552. The number of pyridine rings is 1. The highest BCUT2D eigenvalue weighted by molar-refractivity contribution is 6.40. The maximum Gasteiger partial charge on any atom is 0.292 e. The number of carbonyl (C=O) groups is 2. The molecule has 0 bridgehead atoms. The first-order valence-corrected chi connectivity index (χ1v) is 13.4. The topological polar surface area (TPSA) is 86.4 Å². The molecule has 1 aliphatic heterocycles. The fourth-order valence-electron chi connectivity index (χ4n) is 6.33. The van der Waals surface area contributed by atoms with Crippen molar-refractivity contribution in [2.75, 3.05) is 19.4 Å². The van der Waals surface area contributed by atoms with Gasteiger partial charge in [0.15, 0.2) is 0 Å². The maximum atomic E-state index is 12.7. The van der Waals surface area contributed by atoms with E-state index >= 15 is 0 Å². The van der Waals surface area contributed by atoms with Crippen LogP contribution in [0.5, 0.6) is 0 Å². The zero-order chi connectivity index (χ0) is 25.3. The average Bonchev–Trinajstić information content (AvgIpc) is 3.26. The third kappa shape index (κ3) is 4.84. The molecule has 3 N–H and O–H groups in total. The van der Waals surface area contributed by atoms with Crippen molar-refractivity contribution in [3.8, 4) is 0 Å². The smallest absolute Gasteiger partial charge is 0.292 e. The molecule has 3 aliphatic rings. The highest BCUT2D eigenvalue weighted by atomic mass is 16.2. The second kappa shape index (κ2) is 10.0. The summed E-state index contributed by atoms with van der Waals surface area (Å²) in [6.07, 6.45) is 10.5. The lowest BCUT2D eigenvalue weighted by molar-refractivity contribution is -0.135. The molecule has 36 heavy (non-hydrogen) atoms. The molecule has 7 heteroatoms. The number of amides is 1. The lowest BCUT2D eigenvalue weighted by Gasteiger charge is -2.49. The summed E-state index contributed by atoms with van der Waals surface area (Å²) in [4.78, 5) is 32.0. The zero-order valence-electron chi connectivity index (χ0n) is 21.8. The van der Waals surface area contributed by atoms with E-state index in [-0.39, 0.29) is 22.9 Å². The highest BCUT2D eigenvalue weighted by Crippen LogP contribution is 2.48. The van der Waals surface area contributed by atoms with E-state index < -0.39 is 5.91 Å².